The lowest BCUT2D eigenvalue weighted by molar-refractivity contribution is 0.102. The van der Waals surface area contributed by atoms with Gasteiger partial charge < -0.3 is 28.8 Å². The summed E-state index contributed by atoms with van der Waals surface area (Å²) in [6.45, 7) is 3.03. The molecule has 1 aromatic rings. The average molecular weight is 258 g/mol. The van der Waals surface area contributed by atoms with E-state index in [1.807, 2.05) is 0 Å². The Morgan fingerprint density at radius 2 is 1.72 bits per heavy atom. The van der Waals surface area contributed by atoms with Crippen LogP contribution >= 0.6 is 0 Å². The molecule has 2 aliphatic heterocycles. The summed E-state index contributed by atoms with van der Waals surface area (Å²) in [7, 11) is 0. The van der Waals surface area contributed by atoms with Gasteiger partial charge in [-0.1, -0.05) is 0 Å². The van der Waals surface area contributed by atoms with Crippen molar-refractivity contribution < 1.29 is 28.8 Å². The predicted octanol–water partition coefficient (Wildman–Crippen LogP) is 0.0648. The monoisotopic (exact) mass is 258 g/mol. The fraction of sp³-hybridized carbons (Fsp3) is 0.667. The predicted molar refractivity (Wildman–Crippen MR) is 60.9 cm³/mol. The molecule has 0 saturated carbocycles. The highest BCUT2D eigenvalue weighted by Gasteiger charge is 2.26. The van der Waals surface area contributed by atoms with Crippen LogP contribution in [0.25, 0.3) is 0 Å². The number of hydrogen-bond donors (Lipinski definition) is 2. The van der Waals surface area contributed by atoms with Gasteiger partial charge in [-0.25, -0.2) is 0 Å². The van der Waals surface area contributed by atoms with Gasteiger partial charge in [0.2, 0.25) is 0 Å². The van der Waals surface area contributed by atoms with Gasteiger partial charge in [-0.05, 0) is 6.07 Å². The van der Waals surface area contributed by atoms with Gasteiger partial charge in [0, 0.05) is 5.56 Å². The minimum Gasteiger partial charge on any atom is -0.467 e. The van der Waals surface area contributed by atoms with E-state index in [0.717, 1.165) is 26.4 Å². The lowest BCUT2D eigenvalue weighted by Crippen LogP contribution is -2.06. The zero-order valence-electron chi connectivity index (χ0n) is 10.1. The Balaban J connectivity index is 0.000000134. The molecule has 0 aromatic carbocycles. The Hall–Kier alpha value is -0.920. The summed E-state index contributed by atoms with van der Waals surface area (Å²) < 4.78 is 19.9. The van der Waals surface area contributed by atoms with Crippen molar-refractivity contribution >= 4 is 0 Å². The smallest absolute Gasteiger partial charge is 0.134 e. The Kier molecular flexibility index (Phi) is 5.15. The lowest BCUT2D eigenvalue weighted by atomic mass is 10.3. The molecule has 0 amide bonds. The van der Waals surface area contributed by atoms with E-state index >= 15 is 0 Å². The van der Waals surface area contributed by atoms with Gasteiger partial charge >= 0.3 is 0 Å². The molecule has 0 radical (unpaired) electrons. The molecule has 2 unspecified atom stereocenters. The molecule has 0 bridgehead atoms. The number of hydrogen-bond acceptors (Lipinski definition) is 6. The second-order valence-electron chi connectivity index (χ2n) is 4.13. The van der Waals surface area contributed by atoms with Crippen LogP contribution in [0.1, 0.15) is 11.3 Å². The van der Waals surface area contributed by atoms with E-state index in [1.54, 1.807) is 6.07 Å². The zero-order chi connectivity index (χ0) is 12.8. The van der Waals surface area contributed by atoms with Gasteiger partial charge in [0.05, 0.1) is 39.3 Å². The van der Waals surface area contributed by atoms with E-state index in [9.17, 15) is 0 Å². The molecule has 6 nitrogen and oxygen atoms in total. The van der Waals surface area contributed by atoms with Crippen molar-refractivity contribution in [2.24, 2.45) is 0 Å². The van der Waals surface area contributed by atoms with Crippen LogP contribution in [-0.4, -0.2) is 48.8 Å². The number of epoxide rings is 2. The minimum absolute atomic E-state index is 0.0770. The van der Waals surface area contributed by atoms with Gasteiger partial charge in [-0.15, -0.1) is 0 Å². The Labute approximate surface area is 105 Å². The SMILES string of the molecule is C(OCC1CO1)C1CO1.OCc1ccoc1CO. The topological polar surface area (TPSA) is 87.9 Å². The second kappa shape index (κ2) is 6.86. The maximum absolute atomic E-state index is 8.57. The first-order valence-corrected chi connectivity index (χ1v) is 5.91. The summed E-state index contributed by atoms with van der Waals surface area (Å²) >= 11 is 0. The first kappa shape index (κ1) is 13.5. The minimum atomic E-state index is -0.150. The second-order valence-corrected chi connectivity index (χ2v) is 4.13. The molecule has 0 aliphatic carbocycles. The highest BCUT2D eigenvalue weighted by atomic mass is 16.6. The zero-order valence-corrected chi connectivity index (χ0v) is 10.1. The first-order valence-electron chi connectivity index (χ1n) is 5.91. The van der Waals surface area contributed by atoms with Crippen molar-refractivity contribution in [3.05, 3.63) is 23.7 Å². The Bertz CT molecular complexity index is 312. The normalized spacial score (nSPS) is 24.3. The van der Waals surface area contributed by atoms with Crippen molar-refractivity contribution in [2.75, 3.05) is 26.4 Å². The summed E-state index contributed by atoms with van der Waals surface area (Å²) in [6, 6.07) is 1.63. The number of ether oxygens (including phenoxy) is 3. The van der Waals surface area contributed by atoms with E-state index in [2.05, 4.69) is 0 Å². The van der Waals surface area contributed by atoms with E-state index in [1.165, 1.54) is 6.26 Å². The van der Waals surface area contributed by atoms with Gasteiger partial charge in [-0.2, -0.15) is 0 Å². The molecule has 1 aromatic heterocycles. The standard InChI is InChI=1S/C6H10O3.C6H8O3/c1(5-3-8-5)7-2-6-4-9-6;7-3-5-1-2-9-6(5)4-8/h5-6H,1-4H2;1-2,7-8H,3-4H2. The Morgan fingerprint density at radius 1 is 1.11 bits per heavy atom. The average Bonchev–Trinajstić information content (AvgIpc) is 3.31. The van der Waals surface area contributed by atoms with E-state index < -0.39 is 0 Å². The molecular formula is C12H18O6. The molecule has 2 saturated heterocycles. The van der Waals surface area contributed by atoms with Crippen LogP contribution in [0.4, 0.5) is 0 Å². The molecule has 2 fully saturated rings. The number of aliphatic hydroxyl groups is 2. The van der Waals surface area contributed by atoms with Crippen LogP contribution in [0.3, 0.4) is 0 Å². The molecule has 2 aliphatic rings. The van der Waals surface area contributed by atoms with E-state index in [0.29, 0.717) is 23.5 Å². The largest absolute Gasteiger partial charge is 0.467 e. The van der Waals surface area contributed by atoms with Gasteiger partial charge in [0.1, 0.15) is 24.6 Å². The van der Waals surface area contributed by atoms with Crippen LogP contribution in [0, 0.1) is 0 Å². The van der Waals surface area contributed by atoms with E-state index in [-0.39, 0.29) is 13.2 Å². The van der Waals surface area contributed by atoms with Crippen LogP contribution in [0.15, 0.2) is 16.7 Å². The molecule has 2 atom stereocenters. The lowest BCUT2D eigenvalue weighted by Gasteiger charge is -1.95. The molecular weight excluding hydrogens is 240 g/mol. The summed E-state index contributed by atoms with van der Waals surface area (Å²) in [6.07, 6.45) is 2.23. The summed E-state index contributed by atoms with van der Waals surface area (Å²) in [5, 5.41) is 17.1. The van der Waals surface area contributed by atoms with Gasteiger partial charge in [0.25, 0.3) is 0 Å². The van der Waals surface area contributed by atoms with Crippen molar-refractivity contribution in [3.63, 3.8) is 0 Å². The number of rotatable bonds is 6. The summed E-state index contributed by atoms with van der Waals surface area (Å²) in [5.41, 5.74) is 0.650. The number of aliphatic hydroxyl groups excluding tert-OH is 2. The van der Waals surface area contributed by atoms with Crippen molar-refractivity contribution in [1.29, 1.82) is 0 Å². The third-order valence-corrected chi connectivity index (χ3v) is 2.56. The molecule has 102 valence electrons. The maximum atomic E-state index is 8.57. The molecule has 3 rings (SSSR count). The first-order chi connectivity index (χ1) is 8.83. The van der Waals surface area contributed by atoms with Crippen molar-refractivity contribution in [3.8, 4) is 0 Å². The van der Waals surface area contributed by atoms with Crippen LogP contribution in [-0.2, 0) is 27.4 Å². The highest BCUT2D eigenvalue weighted by Crippen LogP contribution is 2.12. The van der Waals surface area contributed by atoms with Crippen LogP contribution in [0.5, 0.6) is 0 Å². The van der Waals surface area contributed by atoms with Crippen LogP contribution < -0.4 is 0 Å². The van der Waals surface area contributed by atoms with Gasteiger partial charge in [-0.3, -0.25) is 0 Å². The fourth-order valence-electron chi connectivity index (χ4n) is 1.31. The van der Waals surface area contributed by atoms with Crippen molar-refractivity contribution in [1.82, 2.24) is 0 Å². The third kappa shape index (κ3) is 4.75. The van der Waals surface area contributed by atoms with Gasteiger partial charge in [0.15, 0.2) is 0 Å². The molecule has 3 heterocycles. The Morgan fingerprint density at radius 3 is 2.11 bits per heavy atom. The maximum Gasteiger partial charge on any atom is 0.134 e. The highest BCUT2D eigenvalue weighted by molar-refractivity contribution is 5.14. The van der Waals surface area contributed by atoms with E-state index in [4.69, 9.17) is 28.8 Å². The number of furan rings is 1. The molecule has 18 heavy (non-hydrogen) atoms. The molecule has 6 heteroatoms. The molecule has 2 N–H and O–H groups in total. The summed E-state index contributed by atoms with van der Waals surface area (Å²) in [5.74, 6) is 0.442. The van der Waals surface area contributed by atoms with Crippen LogP contribution in [0.2, 0.25) is 0 Å². The summed E-state index contributed by atoms with van der Waals surface area (Å²) in [4.78, 5) is 0. The molecule has 0 spiro atoms. The fourth-order valence-corrected chi connectivity index (χ4v) is 1.31. The quantitative estimate of drug-likeness (QED) is 0.702. The third-order valence-electron chi connectivity index (χ3n) is 2.56. The van der Waals surface area contributed by atoms with Crippen molar-refractivity contribution in [2.45, 2.75) is 25.4 Å².